The van der Waals surface area contributed by atoms with Gasteiger partial charge >= 0.3 is 5.97 Å². The van der Waals surface area contributed by atoms with Crippen LogP contribution < -0.4 is 0 Å². The fourth-order valence-electron chi connectivity index (χ4n) is 4.54. The maximum atomic E-state index is 11.8. The number of hydrogen-bond acceptors (Lipinski definition) is 3. The van der Waals surface area contributed by atoms with Gasteiger partial charge in [-0.2, -0.15) is 0 Å². The monoisotopic (exact) mass is 366 g/mol. The number of phenols is 1. The van der Waals surface area contributed by atoms with Crippen LogP contribution in [-0.2, 0) is 10.2 Å². The molecule has 1 saturated carbocycles. The number of hydrogen-bond donors (Lipinski definition) is 1. The van der Waals surface area contributed by atoms with Crippen molar-refractivity contribution in [2.75, 3.05) is 7.11 Å². The van der Waals surface area contributed by atoms with E-state index in [-0.39, 0.29) is 11.4 Å². The summed E-state index contributed by atoms with van der Waals surface area (Å²) in [6, 6.07) is 15.5. The summed E-state index contributed by atoms with van der Waals surface area (Å²) in [6.45, 7) is 6.99. The van der Waals surface area contributed by atoms with Crippen LogP contribution >= 0.6 is 0 Å². The van der Waals surface area contributed by atoms with E-state index < -0.39 is 0 Å². The second-order valence-corrected chi connectivity index (χ2v) is 8.84. The molecule has 0 heterocycles. The molecule has 0 aromatic heterocycles. The molecule has 0 unspecified atom stereocenters. The van der Waals surface area contributed by atoms with E-state index in [1.807, 2.05) is 24.3 Å². The molecule has 0 radical (unpaired) electrons. The standard InChI is InChI=1S/C24H30O3/c1-23(2,3)18-13-15-24(16-14-18,20-9-11-21(25)12-10-20)19-7-5-17(6-8-19)22(26)27-4/h5-12,18,25H,13-16H2,1-4H3. The van der Waals surface area contributed by atoms with E-state index in [1.165, 1.54) is 31.1 Å². The van der Waals surface area contributed by atoms with Crippen molar-refractivity contribution in [1.82, 2.24) is 0 Å². The summed E-state index contributed by atoms with van der Waals surface area (Å²) < 4.78 is 4.83. The molecule has 0 spiro atoms. The van der Waals surface area contributed by atoms with Crippen molar-refractivity contribution >= 4 is 5.97 Å². The second-order valence-electron chi connectivity index (χ2n) is 8.84. The van der Waals surface area contributed by atoms with Gasteiger partial charge in [-0.05, 0) is 72.4 Å². The van der Waals surface area contributed by atoms with Crippen molar-refractivity contribution in [2.24, 2.45) is 11.3 Å². The minimum absolute atomic E-state index is 0.0793. The number of methoxy groups -OCH3 is 1. The van der Waals surface area contributed by atoms with Crippen LogP contribution in [0.4, 0.5) is 0 Å². The maximum absolute atomic E-state index is 11.8. The first-order valence-electron chi connectivity index (χ1n) is 9.75. The molecule has 3 nitrogen and oxygen atoms in total. The second kappa shape index (κ2) is 7.38. The van der Waals surface area contributed by atoms with Crippen LogP contribution in [0.1, 0.15) is 67.9 Å². The van der Waals surface area contributed by atoms with E-state index in [4.69, 9.17) is 4.74 Å². The van der Waals surface area contributed by atoms with Crippen LogP contribution in [0.15, 0.2) is 48.5 Å². The molecule has 0 aliphatic heterocycles. The van der Waals surface area contributed by atoms with E-state index in [2.05, 4.69) is 32.9 Å². The largest absolute Gasteiger partial charge is 0.508 e. The van der Waals surface area contributed by atoms with Gasteiger partial charge in [0.1, 0.15) is 5.75 Å². The molecule has 144 valence electrons. The van der Waals surface area contributed by atoms with E-state index in [0.29, 0.717) is 22.6 Å². The Bertz CT molecular complexity index is 774. The third-order valence-electron chi connectivity index (χ3n) is 6.34. The Kier molecular flexibility index (Phi) is 5.32. The summed E-state index contributed by atoms with van der Waals surface area (Å²) in [6.07, 6.45) is 4.47. The Morgan fingerprint density at radius 1 is 0.963 bits per heavy atom. The topological polar surface area (TPSA) is 46.5 Å². The average Bonchev–Trinajstić information content (AvgIpc) is 2.67. The van der Waals surface area contributed by atoms with Gasteiger partial charge < -0.3 is 9.84 Å². The number of ether oxygens (including phenoxy) is 1. The van der Waals surface area contributed by atoms with Gasteiger partial charge in [0.15, 0.2) is 0 Å². The Labute approximate surface area is 162 Å². The lowest BCUT2D eigenvalue weighted by molar-refractivity contribution is 0.0600. The van der Waals surface area contributed by atoms with Crippen LogP contribution in [-0.4, -0.2) is 18.2 Å². The zero-order valence-corrected chi connectivity index (χ0v) is 16.8. The molecule has 2 aromatic carbocycles. The fraction of sp³-hybridized carbons (Fsp3) is 0.458. The number of rotatable bonds is 3. The lowest BCUT2D eigenvalue weighted by Crippen LogP contribution is -2.36. The molecule has 1 N–H and O–H groups in total. The predicted molar refractivity (Wildman–Crippen MR) is 108 cm³/mol. The normalized spacial score (nSPS) is 23.0. The number of benzene rings is 2. The molecule has 3 heteroatoms. The fourth-order valence-corrected chi connectivity index (χ4v) is 4.54. The minimum atomic E-state index is -0.309. The van der Waals surface area contributed by atoms with Gasteiger partial charge in [0.05, 0.1) is 12.7 Å². The lowest BCUT2D eigenvalue weighted by atomic mass is 9.59. The van der Waals surface area contributed by atoms with E-state index in [0.717, 1.165) is 12.8 Å². The van der Waals surface area contributed by atoms with Crippen molar-refractivity contribution in [3.63, 3.8) is 0 Å². The highest BCUT2D eigenvalue weighted by Crippen LogP contribution is 2.50. The predicted octanol–water partition coefficient (Wildman–Crippen LogP) is 5.70. The molecule has 0 atom stereocenters. The molecule has 0 saturated heterocycles. The summed E-state index contributed by atoms with van der Waals surface area (Å²) in [5.74, 6) is 0.687. The molecule has 0 bridgehead atoms. The molecule has 0 amide bonds. The number of carbonyl (C=O) groups is 1. The zero-order valence-electron chi connectivity index (χ0n) is 16.8. The third-order valence-corrected chi connectivity index (χ3v) is 6.34. The van der Waals surface area contributed by atoms with E-state index in [1.54, 1.807) is 12.1 Å². The van der Waals surface area contributed by atoms with Crippen LogP contribution in [0.25, 0.3) is 0 Å². The molecule has 1 fully saturated rings. The van der Waals surface area contributed by atoms with Crippen molar-refractivity contribution < 1.29 is 14.6 Å². The van der Waals surface area contributed by atoms with Crippen molar-refractivity contribution in [3.05, 3.63) is 65.2 Å². The smallest absolute Gasteiger partial charge is 0.337 e. The van der Waals surface area contributed by atoms with Gasteiger partial charge in [-0.1, -0.05) is 45.0 Å². The summed E-state index contributed by atoms with van der Waals surface area (Å²) in [5.41, 5.74) is 3.28. The molecule has 3 rings (SSSR count). The number of phenolic OH excluding ortho intramolecular Hbond substituents is 1. The number of esters is 1. The molecular weight excluding hydrogens is 336 g/mol. The first kappa shape index (κ1) is 19.5. The summed E-state index contributed by atoms with van der Waals surface area (Å²) in [7, 11) is 1.40. The SMILES string of the molecule is COC(=O)c1ccc(C2(c3ccc(O)cc3)CCC(C(C)(C)C)CC2)cc1. The summed E-state index contributed by atoms with van der Waals surface area (Å²) in [5, 5.41) is 9.73. The average molecular weight is 367 g/mol. The Morgan fingerprint density at radius 3 is 1.89 bits per heavy atom. The first-order chi connectivity index (χ1) is 12.8. The third kappa shape index (κ3) is 3.87. The Balaban J connectivity index is 1.99. The minimum Gasteiger partial charge on any atom is -0.508 e. The van der Waals surface area contributed by atoms with Gasteiger partial charge in [-0.3, -0.25) is 0 Å². The molecule has 2 aromatic rings. The number of aromatic hydroxyl groups is 1. The van der Waals surface area contributed by atoms with Gasteiger partial charge in [-0.15, -0.1) is 0 Å². The quantitative estimate of drug-likeness (QED) is 0.709. The van der Waals surface area contributed by atoms with Crippen LogP contribution in [0.2, 0.25) is 0 Å². The number of carbonyl (C=O) groups excluding carboxylic acids is 1. The summed E-state index contributed by atoms with van der Waals surface area (Å²) >= 11 is 0. The van der Waals surface area contributed by atoms with Gasteiger partial charge in [0.2, 0.25) is 0 Å². The van der Waals surface area contributed by atoms with Crippen LogP contribution in [0.5, 0.6) is 5.75 Å². The molecular formula is C24H30O3. The van der Waals surface area contributed by atoms with Crippen LogP contribution in [0.3, 0.4) is 0 Å². The van der Waals surface area contributed by atoms with Crippen molar-refractivity contribution in [1.29, 1.82) is 0 Å². The Morgan fingerprint density at radius 2 is 1.44 bits per heavy atom. The van der Waals surface area contributed by atoms with Crippen molar-refractivity contribution in [3.8, 4) is 5.75 Å². The zero-order chi connectivity index (χ0) is 19.7. The summed E-state index contributed by atoms with van der Waals surface area (Å²) in [4.78, 5) is 11.8. The highest BCUT2D eigenvalue weighted by atomic mass is 16.5. The highest BCUT2D eigenvalue weighted by molar-refractivity contribution is 5.89. The van der Waals surface area contributed by atoms with E-state index >= 15 is 0 Å². The van der Waals surface area contributed by atoms with E-state index in [9.17, 15) is 9.90 Å². The van der Waals surface area contributed by atoms with Gasteiger partial charge in [0, 0.05) is 5.41 Å². The first-order valence-corrected chi connectivity index (χ1v) is 9.75. The van der Waals surface area contributed by atoms with Gasteiger partial charge in [-0.25, -0.2) is 4.79 Å². The molecule has 27 heavy (non-hydrogen) atoms. The molecule has 1 aliphatic rings. The highest BCUT2D eigenvalue weighted by Gasteiger charge is 2.41. The lowest BCUT2D eigenvalue weighted by Gasteiger charge is -2.45. The van der Waals surface area contributed by atoms with Crippen LogP contribution in [0, 0.1) is 11.3 Å². The molecule has 1 aliphatic carbocycles. The van der Waals surface area contributed by atoms with Crippen molar-refractivity contribution in [2.45, 2.75) is 51.9 Å². The Hall–Kier alpha value is -2.29. The maximum Gasteiger partial charge on any atom is 0.337 e. The van der Waals surface area contributed by atoms with Gasteiger partial charge in [0.25, 0.3) is 0 Å².